The first-order valence-corrected chi connectivity index (χ1v) is 13.5. The molecule has 0 atom stereocenters. The number of ether oxygens (including phenoxy) is 1. The summed E-state index contributed by atoms with van der Waals surface area (Å²) in [5.74, 6) is -0.309. The second-order valence-electron chi connectivity index (χ2n) is 9.81. The molecule has 3 aromatic rings. The van der Waals surface area contributed by atoms with Crippen LogP contribution in [0.3, 0.4) is 0 Å². The van der Waals surface area contributed by atoms with Crippen molar-refractivity contribution in [2.75, 3.05) is 50.1 Å². The van der Waals surface area contributed by atoms with Gasteiger partial charge in [0.15, 0.2) is 5.69 Å². The average Bonchev–Trinajstić information content (AvgIpc) is 3.34. The fraction of sp³-hybridized carbons (Fsp3) is 0.355. The van der Waals surface area contributed by atoms with Crippen molar-refractivity contribution in [1.82, 2.24) is 15.1 Å². The first-order chi connectivity index (χ1) is 18.8. The number of hydrogen-bond donors (Lipinski definition) is 2. The molecule has 1 saturated heterocycles. The quantitative estimate of drug-likeness (QED) is 0.338. The van der Waals surface area contributed by atoms with E-state index in [0.29, 0.717) is 33.8 Å². The van der Waals surface area contributed by atoms with Crippen LogP contribution in [0, 0.1) is 5.82 Å². The zero-order valence-corrected chi connectivity index (χ0v) is 23.5. The Bertz CT molecular complexity index is 1350. The van der Waals surface area contributed by atoms with E-state index in [-0.39, 0.29) is 11.6 Å². The van der Waals surface area contributed by atoms with E-state index in [4.69, 9.17) is 4.74 Å². The van der Waals surface area contributed by atoms with Gasteiger partial charge in [-0.25, -0.2) is 4.39 Å². The minimum Gasteiger partial charge on any atom is -0.496 e. The fourth-order valence-corrected chi connectivity index (χ4v) is 4.76. The minimum atomic E-state index is -0.393. The molecular weight excluding hydrogens is 493 g/mol. The maximum Gasteiger partial charge on any atom is 0.276 e. The summed E-state index contributed by atoms with van der Waals surface area (Å²) in [6.45, 7) is 13.2. The monoisotopic (exact) mass is 531 g/mol. The van der Waals surface area contributed by atoms with Crippen molar-refractivity contribution in [2.45, 2.75) is 34.1 Å². The van der Waals surface area contributed by atoms with Crippen molar-refractivity contribution in [3.8, 4) is 5.75 Å². The Morgan fingerprint density at radius 2 is 1.79 bits per heavy atom. The van der Waals surface area contributed by atoms with E-state index in [1.165, 1.54) is 13.2 Å². The number of aromatic amines is 1. The molecule has 2 heterocycles. The molecule has 2 aromatic carbocycles. The van der Waals surface area contributed by atoms with E-state index in [1.54, 1.807) is 25.1 Å². The number of nitrogens with zero attached hydrogens (tertiary/aromatic N) is 3. The van der Waals surface area contributed by atoms with Gasteiger partial charge in [-0.15, -0.1) is 0 Å². The number of nitrogens with one attached hydrogen (secondary N) is 2. The van der Waals surface area contributed by atoms with Crippen molar-refractivity contribution in [1.29, 1.82) is 0 Å². The molecule has 0 aliphatic carbocycles. The summed E-state index contributed by atoms with van der Waals surface area (Å²) in [5, 5.41) is 10.3. The highest BCUT2D eigenvalue weighted by atomic mass is 19.1. The van der Waals surface area contributed by atoms with Crippen LogP contribution in [0.5, 0.6) is 5.75 Å². The van der Waals surface area contributed by atoms with Crippen LogP contribution >= 0.6 is 0 Å². The summed E-state index contributed by atoms with van der Waals surface area (Å²) in [4.78, 5) is 18.2. The molecule has 1 amide bonds. The maximum atomic E-state index is 14.8. The largest absolute Gasteiger partial charge is 0.496 e. The van der Waals surface area contributed by atoms with Crippen LogP contribution in [0.1, 0.15) is 61.4 Å². The van der Waals surface area contributed by atoms with Crippen LogP contribution in [0.2, 0.25) is 0 Å². The molecule has 1 aliphatic rings. The number of benzene rings is 2. The van der Waals surface area contributed by atoms with Gasteiger partial charge in [0, 0.05) is 43.1 Å². The van der Waals surface area contributed by atoms with Crippen molar-refractivity contribution < 1.29 is 13.9 Å². The number of methoxy groups -OCH3 is 1. The molecule has 0 saturated carbocycles. The molecule has 206 valence electrons. The third-order valence-electron chi connectivity index (χ3n) is 7.26. The number of halogens is 1. The van der Waals surface area contributed by atoms with Gasteiger partial charge in [0.05, 0.1) is 18.4 Å². The molecule has 8 heteroatoms. The Morgan fingerprint density at radius 3 is 2.44 bits per heavy atom. The van der Waals surface area contributed by atoms with Gasteiger partial charge < -0.3 is 19.9 Å². The first kappa shape index (κ1) is 28.1. The van der Waals surface area contributed by atoms with Crippen LogP contribution in [-0.4, -0.2) is 60.8 Å². The lowest BCUT2D eigenvalue weighted by atomic mass is 10.0. The Morgan fingerprint density at radius 1 is 1.08 bits per heavy atom. The van der Waals surface area contributed by atoms with Gasteiger partial charge in [-0.1, -0.05) is 25.5 Å². The third-order valence-corrected chi connectivity index (χ3v) is 7.26. The van der Waals surface area contributed by atoms with E-state index in [2.05, 4.69) is 39.2 Å². The van der Waals surface area contributed by atoms with Crippen LogP contribution in [0.15, 0.2) is 48.0 Å². The lowest BCUT2D eigenvalue weighted by Crippen LogP contribution is -2.46. The number of hydrogen-bond acceptors (Lipinski definition) is 5. The number of rotatable bonds is 9. The summed E-state index contributed by atoms with van der Waals surface area (Å²) in [6.07, 6.45) is 4.60. The number of aromatic nitrogens is 2. The van der Waals surface area contributed by atoms with Crippen molar-refractivity contribution in [3.63, 3.8) is 0 Å². The second kappa shape index (κ2) is 12.8. The molecule has 1 aliphatic heterocycles. The molecular formula is C31H38FN5O2. The number of anilines is 2. The maximum absolute atomic E-state index is 14.8. The zero-order chi connectivity index (χ0) is 27.9. The Hall–Kier alpha value is -3.91. The molecule has 7 nitrogen and oxygen atoms in total. The Kier molecular flexibility index (Phi) is 9.19. The molecule has 0 radical (unpaired) electrons. The molecule has 1 fully saturated rings. The number of amides is 1. The summed E-state index contributed by atoms with van der Waals surface area (Å²) >= 11 is 0. The SMILES string of the molecule is CC/C(C)=C/c1[nH]nc(C(=O)Nc2ccc(N3CCN(CC)CC3)cc2)c1/C=C(\C)c1c(F)cccc1OC. The highest BCUT2D eigenvalue weighted by molar-refractivity contribution is 6.07. The van der Waals surface area contributed by atoms with Gasteiger partial charge in [-0.05, 0) is 80.9 Å². The number of allylic oxidation sites excluding steroid dienone is 2. The normalized spacial score (nSPS) is 15.0. The molecule has 0 bridgehead atoms. The topological polar surface area (TPSA) is 73.5 Å². The third kappa shape index (κ3) is 6.57. The van der Waals surface area contributed by atoms with Gasteiger partial charge in [-0.2, -0.15) is 5.10 Å². The summed E-state index contributed by atoms with van der Waals surface area (Å²) in [6, 6.07) is 12.6. The van der Waals surface area contributed by atoms with Crippen LogP contribution in [-0.2, 0) is 0 Å². The molecule has 0 spiro atoms. The Labute approximate surface area is 230 Å². The van der Waals surface area contributed by atoms with Gasteiger partial charge in [0.25, 0.3) is 5.91 Å². The molecule has 39 heavy (non-hydrogen) atoms. The van der Waals surface area contributed by atoms with Crippen molar-refractivity contribution in [3.05, 3.63) is 76.4 Å². The Balaban J connectivity index is 1.61. The summed E-state index contributed by atoms with van der Waals surface area (Å²) in [7, 11) is 1.51. The van der Waals surface area contributed by atoms with Crippen LogP contribution in [0.25, 0.3) is 17.7 Å². The van der Waals surface area contributed by atoms with Crippen molar-refractivity contribution in [2.24, 2.45) is 0 Å². The second-order valence-corrected chi connectivity index (χ2v) is 9.81. The van der Waals surface area contributed by atoms with Crippen LogP contribution in [0.4, 0.5) is 15.8 Å². The first-order valence-electron chi connectivity index (χ1n) is 13.5. The van der Waals surface area contributed by atoms with Gasteiger partial charge in [0.1, 0.15) is 11.6 Å². The number of likely N-dealkylation sites (N-methyl/N-ethyl adjacent to an activating group) is 1. The van der Waals surface area contributed by atoms with E-state index in [0.717, 1.165) is 50.4 Å². The number of H-pyrrole nitrogens is 1. The highest BCUT2D eigenvalue weighted by Crippen LogP contribution is 2.31. The van der Waals surface area contributed by atoms with E-state index >= 15 is 0 Å². The molecule has 1 aromatic heterocycles. The zero-order valence-electron chi connectivity index (χ0n) is 23.5. The lowest BCUT2D eigenvalue weighted by Gasteiger charge is -2.35. The van der Waals surface area contributed by atoms with E-state index in [9.17, 15) is 9.18 Å². The minimum absolute atomic E-state index is 0.236. The predicted octanol–water partition coefficient (Wildman–Crippen LogP) is 6.33. The van der Waals surface area contributed by atoms with Gasteiger partial charge >= 0.3 is 0 Å². The molecule has 4 rings (SSSR count). The van der Waals surface area contributed by atoms with E-state index < -0.39 is 5.82 Å². The van der Waals surface area contributed by atoms with E-state index in [1.807, 2.05) is 37.3 Å². The standard InChI is InChI=1S/C31H38FN5O2/c1-6-21(3)19-27-25(20-22(4)29-26(32)9-8-10-28(29)39-5)30(35-34-27)31(38)33-23-11-13-24(14-12-23)37-17-15-36(7-2)16-18-37/h8-14,19-20H,6-7,15-18H2,1-5H3,(H,33,38)(H,34,35)/b21-19+,22-20+. The molecule has 2 N–H and O–H groups in total. The predicted molar refractivity (Wildman–Crippen MR) is 158 cm³/mol. The fourth-order valence-electron chi connectivity index (χ4n) is 4.76. The number of carbonyl (C=O) groups excluding carboxylic acids is 1. The average molecular weight is 532 g/mol. The summed E-state index contributed by atoms with van der Waals surface area (Å²) < 4.78 is 20.2. The number of carbonyl (C=O) groups is 1. The smallest absolute Gasteiger partial charge is 0.276 e. The molecule has 0 unspecified atom stereocenters. The van der Waals surface area contributed by atoms with Crippen molar-refractivity contribution >= 4 is 35.0 Å². The lowest BCUT2D eigenvalue weighted by molar-refractivity contribution is 0.102. The van der Waals surface area contributed by atoms with Crippen LogP contribution < -0.4 is 15.0 Å². The number of piperazine rings is 1. The highest BCUT2D eigenvalue weighted by Gasteiger charge is 2.20. The summed E-state index contributed by atoms with van der Waals surface area (Å²) in [5.41, 5.74) is 5.44. The van der Waals surface area contributed by atoms with Gasteiger partial charge in [0.2, 0.25) is 0 Å². The van der Waals surface area contributed by atoms with Gasteiger partial charge in [-0.3, -0.25) is 9.89 Å².